The maximum absolute atomic E-state index is 14.6. The van der Waals surface area contributed by atoms with Crippen LogP contribution in [-0.2, 0) is 60.7 Å². The van der Waals surface area contributed by atoms with E-state index in [1.165, 1.54) is 24.0 Å². The van der Waals surface area contributed by atoms with Gasteiger partial charge < -0.3 is 52.4 Å². The van der Waals surface area contributed by atoms with Crippen molar-refractivity contribution in [1.29, 1.82) is 0 Å². The molecule has 366 valence electrons. The van der Waals surface area contributed by atoms with E-state index in [1.807, 2.05) is 13.8 Å². The highest BCUT2D eigenvalue weighted by Gasteiger charge is 2.42. The van der Waals surface area contributed by atoms with Crippen molar-refractivity contribution in [3.05, 3.63) is 65.7 Å². The Kier molecular flexibility index (Phi) is 19.7. The minimum atomic E-state index is -1.71. The molecule has 1 unspecified atom stereocenters. The van der Waals surface area contributed by atoms with E-state index in [1.54, 1.807) is 70.2 Å². The number of phenolic OH excluding ortho intramolecular Hbond substituents is 1. The third-order valence-electron chi connectivity index (χ3n) is 11.6. The normalized spacial score (nSPS) is 24.0. The Morgan fingerprint density at radius 1 is 0.776 bits per heavy atom. The molecule has 67 heavy (non-hydrogen) atoms. The first-order valence-corrected chi connectivity index (χ1v) is 23.1. The summed E-state index contributed by atoms with van der Waals surface area (Å²) in [5.41, 5.74) is 6.62. The van der Waals surface area contributed by atoms with Crippen LogP contribution in [0.2, 0.25) is 0 Å². The Morgan fingerprint density at radius 2 is 1.36 bits per heavy atom. The summed E-state index contributed by atoms with van der Waals surface area (Å²) in [6, 6.07) is 5.54. The average molecular weight is 933 g/mol. The maximum atomic E-state index is 14.6. The van der Waals surface area contributed by atoms with Gasteiger partial charge in [-0.15, -0.1) is 0 Å². The molecule has 19 nitrogen and oxygen atoms in total. The van der Waals surface area contributed by atoms with Crippen molar-refractivity contribution in [1.82, 2.24) is 36.8 Å². The van der Waals surface area contributed by atoms with E-state index < -0.39 is 108 Å². The zero-order chi connectivity index (χ0) is 49.5. The molecule has 2 heterocycles. The molecule has 0 saturated carbocycles. The van der Waals surface area contributed by atoms with E-state index in [-0.39, 0.29) is 69.1 Å². The Balaban J connectivity index is 1.82. The number of nitrogens with zero attached hydrogens (tertiary/aromatic N) is 1. The molecular formula is C48H68N8O11. The van der Waals surface area contributed by atoms with Crippen LogP contribution in [-0.4, -0.2) is 118 Å². The van der Waals surface area contributed by atoms with Gasteiger partial charge in [0.1, 0.15) is 54.1 Å². The minimum absolute atomic E-state index is 0.00932. The number of amides is 8. The van der Waals surface area contributed by atoms with Crippen LogP contribution in [0.5, 0.6) is 5.75 Å². The number of nitrogens with one attached hydrogen (secondary N) is 6. The molecule has 0 spiro atoms. The lowest BCUT2D eigenvalue weighted by atomic mass is 10.00. The Hall–Kier alpha value is -6.53. The first-order valence-electron chi connectivity index (χ1n) is 23.1. The van der Waals surface area contributed by atoms with Crippen LogP contribution in [0.15, 0.2) is 54.6 Å². The van der Waals surface area contributed by atoms with Crippen molar-refractivity contribution < 1.29 is 53.0 Å². The van der Waals surface area contributed by atoms with Crippen LogP contribution < -0.4 is 37.6 Å². The number of fused-ring (bicyclic) bond motifs is 1. The topological polar surface area (TPSA) is 285 Å². The summed E-state index contributed by atoms with van der Waals surface area (Å²) in [6.07, 6.45) is -1.30. The highest BCUT2D eigenvalue weighted by Crippen LogP contribution is 2.22. The maximum Gasteiger partial charge on any atom is 0.329 e. The van der Waals surface area contributed by atoms with Gasteiger partial charge in [-0.2, -0.15) is 0 Å². The van der Waals surface area contributed by atoms with Crippen molar-refractivity contribution in [2.75, 3.05) is 6.54 Å². The Morgan fingerprint density at radius 3 is 1.94 bits per heavy atom. The summed E-state index contributed by atoms with van der Waals surface area (Å²) in [5.74, 6) is -7.77. The third-order valence-corrected chi connectivity index (χ3v) is 11.6. The monoisotopic (exact) mass is 933 g/mol. The number of rotatable bonds is 15. The molecule has 2 aliphatic rings. The summed E-state index contributed by atoms with van der Waals surface area (Å²) in [5, 5.41) is 26.2. The summed E-state index contributed by atoms with van der Waals surface area (Å²) < 4.78 is 5.88. The molecule has 4 rings (SSSR count). The number of carbonyl (C=O) groups is 9. The van der Waals surface area contributed by atoms with Gasteiger partial charge >= 0.3 is 5.97 Å². The fourth-order valence-electron chi connectivity index (χ4n) is 8.04. The van der Waals surface area contributed by atoms with Gasteiger partial charge in [-0.25, -0.2) is 4.79 Å². The standard InChI is InChI=1S/C48H68N8O11/c1-26(2)22-36-47(65)56-21-11-14-37(56)45(63)52-34(24-30-12-9-8-10-13-30)43(61)51-35(25-31-15-17-32(57)18-16-31)44(62)54-40(28(5)6)48(66)67-29(7)41(46(64)53-36)55-42(60)33(19-20-38(49)58)50-39(59)23-27(3)4/h8-10,12-13,15-18,26-29,33-37,40-41,57H,11,14,19-25H2,1-7H3,(H2,49,58)(H,50,59)(H,51,61)(H,52,63)(H,53,64)(H,54,62)(H,55,60)/t29-,33+,34?,35+,36+,37-,40+,41+/m1/s1. The predicted octanol–water partition coefficient (Wildman–Crippen LogP) is 1.04. The van der Waals surface area contributed by atoms with Crippen LogP contribution >= 0.6 is 0 Å². The number of nitrogens with two attached hydrogens (primary N) is 1. The van der Waals surface area contributed by atoms with Crippen LogP contribution in [0, 0.1) is 17.8 Å². The lowest BCUT2D eigenvalue weighted by molar-refractivity contribution is -0.157. The largest absolute Gasteiger partial charge is 0.508 e. The van der Waals surface area contributed by atoms with Crippen molar-refractivity contribution in [2.45, 2.75) is 148 Å². The van der Waals surface area contributed by atoms with Crippen molar-refractivity contribution in [2.24, 2.45) is 23.5 Å². The molecule has 0 aliphatic carbocycles. The molecule has 0 bridgehead atoms. The van der Waals surface area contributed by atoms with Crippen LogP contribution in [0.4, 0.5) is 0 Å². The number of benzene rings is 2. The minimum Gasteiger partial charge on any atom is -0.508 e. The number of phenols is 1. The predicted molar refractivity (Wildman–Crippen MR) is 246 cm³/mol. The molecule has 0 aromatic heterocycles. The third kappa shape index (κ3) is 16.1. The fourth-order valence-corrected chi connectivity index (χ4v) is 8.04. The SMILES string of the molecule is CC(C)CC(=O)N[C@@H](CCC(N)=O)C(=O)N[C@@H]1C(=O)N[C@@H](CC(C)C)C(=O)N2CCC[C@@H]2C(=O)NC(Cc2ccccc2)C(=O)N[C@@H](Cc2ccc(O)cc2)C(=O)N[C@@H](C(C)C)C(=O)O[C@@H]1C. The highest BCUT2D eigenvalue weighted by molar-refractivity contribution is 5.98. The number of esters is 1. The number of cyclic esters (lactones) is 1. The lowest BCUT2D eigenvalue weighted by Gasteiger charge is -2.32. The van der Waals surface area contributed by atoms with E-state index in [4.69, 9.17) is 10.5 Å². The molecule has 19 heteroatoms. The van der Waals surface area contributed by atoms with Gasteiger partial charge in [0.25, 0.3) is 0 Å². The molecule has 2 aromatic rings. The number of ether oxygens (including phenoxy) is 1. The van der Waals surface area contributed by atoms with E-state index in [0.29, 0.717) is 17.5 Å². The van der Waals surface area contributed by atoms with Crippen LogP contribution in [0.25, 0.3) is 0 Å². The number of hydrogen-bond donors (Lipinski definition) is 8. The van der Waals surface area contributed by atoms with E-state index in [2.05, 4.69) is 31.9 Å². The summed E-state index contributed by atoms with van der Waals surface area (Å²) in [4.78, 5) is 126. The van der Waals surface area contributed by atoms with Gasteiger partial charge in [-0.05, 0) is 73.6 Å². The second-order valence-electron chi connectivity index (χ2n) is 18.6. The van der Waals surface area contributed by atoms with Crippen LogP contribution in [0.3, 0.4) is 0 Å². The van der Waals surface area contributed by atoms with Gasteiger partial charge in [-0.1, -0.05) is 84.0 Å². The highest BCUT2D eigenvalue weighted by atomic mass is 16.5. The van der Waals surface area contributed by atoms with Crippen LogP contribution in [0.1, 0.15) is 98.1 Å². The molecule has 2 fully saturated rings. The smallest absolute Gasteiger partial charge is 0.329 e. The van der Waals surface area contributed by atoms with E-state index >= 15 is 0 Å². The zero-order valence-electron chi connectivity index (χ0n) is 39.5. The number of carbonyl (C=O) groups excluding carboxylic acids is 9. The number of primary amides is 1. The number of hydrogen-bond acceptors (Lipinski definition) is 11. The van der Waals surface area contributed by atoms with Gasteiger partial charge in [0, 0.05) is 32.2 Å². The average Bonchev–Trinajstić information content (AvgIpc) is 3.75. The second-order valence-corrected chi connectivity index (χ2v) is 18.6. The molecule has 9 N–H and O–H groups in total. The van der Waals surface area contributed by atoms with Crippen molar-refractivity contribution >= 4 is 53.2 Å². The molecule has 2 saturated heterocycles. The molecule has 0 radical (unpaired) electrons. The van der Waals surface area contributed by atoms with Gasteiger partial charge in [0.15, 0.2) is 0 Å². The van der Waals surface area contributed by atoms with E-state index in [9.17, 15) is 48.3 Å². The Labute approximate surface area is 391 Å². The summed E-state index contributed by atoms with van der Waals surface area (Å²) in [6.45, 7) is 12.0. The van der Waals surface area contributed by atoms with E-state index in [0.717, 1.165) is 0 Å². The molecular weight excluding hydrogens is 865 g/mol. The van der Waals surface area contributed by atoms with Crippen molar-refractivity contribution in [3.8, 4) is 5.75 Å². The van der Waals surface area contributed by atoms with Gasteiger partial charge in [0.2, 0.25) is 47.3 Å². The van der Waals surface area contributed by atoms with Gasteiger partial charge in [0.05, 0.1) is 0 Å². The first-order chi connectivity index (χ1) is 31.6. The molecule has 2 aliphatic heterocycles. The first kappa shape index (κ1) is 53.1. The summed E-state index contributed by atoms with van der Waals surface area (Å²) in [7, 11) is 0. The lowest BCUT2D eigenvalue weighted by Crippen LogP contribution is -2.61. The van der Waals surface area contributed by atoms with Crippen molar-refractivity contribution in [3.63, 3.8) is 0 Å². The summed E-state index contributed by atoms with van der Waals surface area (Å²) >= 11 is 0. The fraction of sp³-hybridized carbons (Fsp3) is 0.562. The molecule has 8 atom stereocenters. The molecule has 2 aromatic carbocycles. The second kappa shape index (κ2) is 24.8. The number of aromatic hydroxyl groups is 1. The van der Waals surface area contributed by atoms with Gasteiger partial charge in [-0.3, -0.25) is 38.4 Å². The quantitative estimate of drug-likeness (QED) is 0.117. The molecule has 8 amide bonds. The zero-order valence-corrected chi connectivity index (χ0v) is 39.5. The Bertz CT molecular complexity index is 2080.